The van der Waals surface area contributed by atoms with Crippen LogP contribution in [0.4, 0.5) is 4.79 Å². The van der Waals surface area contributed by atoms with Gasteiger partial charge in [-0.15, -0.1) is 0 Å². The maximum atomic E-state index is 11.8. The smallest absolute Gasteiger partial charge is 0.395 e. The van der Waals surface area contributed by atoms with Crippen LogP contribution in [0, 0.1) is 0 Å². The number of hydrogen-bond donors (Lipinski definition) is 0. The molecule has 0 saturated carbocycles. The second-order valence-electron chi connectivity index (χ2n) is 6.28. The van der Waals surface area contributed by atoms with Crippen molar-refractivity contribution in [1.29, 1.82) is 0 Å². The Morgan fingerprint density at radius 3 is 1.64 bits per heavy atom. The van der Waals surface area contributed by atoms with Crippen molar-refractivity contribution in [2.75, 3.05) is 0 Å². The molecule has 0 heterocycles. The quantitative estimate of drug-likeness (QED) is 0.461. The molecule has 0 aromatic heterocycles. The lowest BCUT2D eigenvalue weighted by atomic mass is 9.78. The minimum atomic E-state index is -0.749. The number of carbonyl (C=O) groups is 1. The fourth-order valence-corrected chi connectivity index (χ4v) is 2.66. The normalized spacial score (nSPS) is 11.0. The van der Waals surface area contributed by atoms with Crippen LogP contribution in [0.2, 0.25) is 0 Å². The van der Waals surface area contributed by atoms with E-state index in [-0.39, 0.29) is 5.41 Å². The molecule has 0 aliphatic heterocycles. The monoisotopic (exact) mass is 332 g/mol. The molecular weight excluding hydrogens is 312 g/mol. The molecule has 0 radical (unpaired) electrons. The van der Waals surface area contributed by atoms with Gasteiger partial charge in [0, 0.05) is 5.41 Å². The highest BCUT2D eigenvalue weighted by Gasteiger charge is 2.22. The van der Waals surface area contributed by atoms with Crippen molar-refractivity contribution in [2.45, 2.75) is 19.3 Å². The maximum Gasteiger partial charge on any atom is 0.519 e. The molecule has 0 fully saturated rings. The summed E-state index contributed by atoms with van der Waals surface area (Å²) in [7, 11) is 0. The molecule has 3 nitrogen and oxygen atoms in total. The summed E-state index contributed by atoms with van der Waals surface area (Å²) in [6.07, 6.45) is -0.749. The van der Waals surface area contributed by atoms with Crippen molar-refractivity contribution < 1.29 is 14.3 Å². The molecule has 0 atom stereocenters. The van der Waals surface area contributed by atoms with Gasteiger partial charge in [-0.2, -0.15) is 0 Å². The van der Waals surface area contributed by atoms with E-state index in [4.69, 9.17) is 9.47 Å². The summed E-state index contributed by atoms with van der Waals surface area (Å²) in [4.78, 5) is 11.8. The zero-order valence-electron chi connectivity index (χ0n) is 14.3. The van der Waals surface area contributed by atoms with Crippen molar-refractivity contribution in [3.8, 4) is 11.5 Å². The third kappa shape index (κ3) is 4.07. The highest BCUT2D eigenvalue weighted by Crippen LogP contribution is 2.32. The lowest BCUT2D eigenvalue weighted by molar-refractivity contribution is 0.152. The Labute approximate surface area is 147 Å². The zero-order valence-corrected chi connectivity index (χ0v) is 14.3. The van der Waals surface area contributed by atoms with Crippen LogP contribution in [0.5, 0.6) is 11.5 Å². The highest BCUT2D eigenvalue weighted by molar-refractivity contribution is 5.67. The number of rotatable bonds is 4. The molecule has 0 amide bonds. The minimum Gasteiger partial charge on any atom is -0.395 e. The highest BCUT2D eigenvalue weighted by atomic mass is 16.7. The molecule has 0 aliphatic rings. The predicted octanol–water partition coefficient (Wildman–Crippen LogP) is 5.59. The summed E-state index contributed by atoms with van der Waals surface area (Å²) in [5.74, 6) is 0.905. The summed E-state index contributed by atoms with van der Waals surface area (Å²) in [5, 5.41) is 0. The van der Waals surface area contributed by atoms with Gasteiger partial charge >= 0.3 is 6.16 Å². The summed E-state index contributed by atoms with van der Waals surface area (Å²) >= 11 is 0. The Kier molecular flexibility index (Phi) is 4.85. The third-order valence-electron chi connectivity index (χ3n) is 4.22. The number of ether oxygens (including phenoxy) is 2. The molecule has 3 aromatic rings. The SMILES string of the molecule is CC(C)(c1ccccc1)c1ccc(OC(=O)Oc2ccccc2)cc1. The van der Waals surface area contributed by atoms with Crippen molar-refractivity contribution in [3.05, 3.63) is 96.1 Å². The predicted molar refractivity (Wildman–Crippen MR) is 98.1 cm³/mol. The van der Waals surface area contributed by atoms with E-state index in [1.807, 2.05) is 36.4 Å². The summed E-state index contributed by atoms with van der Waals surface area (Å²) in [5.41, 5.74) is 2.24. The first-order valence-electron chi connectivity index (χ1n) is 8.16. The minimum absolute atomic E-state index is 0.135. The average molecular weight is 332 g/mol. The van der Waals surface area contributed by atoms with Gasteiger partial charge in [0.25, 0.3) is 0 Å². The molecule has 25 heavy (non-hydrogen) atoms. The Morgan fingerprint density at radius 2 is 1.08 bits per heavy atom. The first-order chi connectivity index (χ1) is 12.1. The molecule has 0 unspecified atom stereocenters. The topological polar surface area (TPSA) is 35.5 Å². The van der Waals surface area contributed by atoms with Gasteiger partial charge in [-0.3, -0.25) is 0 Å². The van der Waals surface area contributed by atoms with E-state index in [9.17, 15) is 4.79 Å². The van der Waals surface area contributed by atoms with E-state index in [1.165, 1.54) is 5.56 Å². The molecule has 0 spiro atoms. The molecule has 0 N–H and O–H groups in total. The molecule has 0 bridgehead atoms. The molecule has 0 saturated heterocycles. The molecule has 3 aromatic carbocycles. The lowest BCUT2D eigenvalue weighted by Gasteiger charge is -2.26. The van der Waals surface area contributed by atoms with Crippen LogP contribution in [0.1, 0.15) is 25.0 Å². The van der Waals surface area contributed by atoms with Gasteiger partial charge in [0.05, 0.1) is 0 Å². The van der Waals surface area contributed by atoms with Crippen molar-refractivity contribution in [3.63, 3.8) is 0 Å². The van der Waals surface area contributed by atoms with E-state index in [0.29, 0.717) is 11.5 Å². The van der Waals surface area contributed by atoms with E-state index in [2.05, 4.69) is 26.0 Å². The van der Waals surface area contributed by atoms with Gasteiger partial charge in [-0.25, -0.2) is 4.79 Å². The van der Waals surface area contributed by atoms with E-state index in [1.54, 1.807) is 36.4 Å². The van der Waals surface area contributed by atoms with Crippen molar-refractivity contribution in [1.82, 2.24) is 0 Å². The zero-order chi connectivity index (χ0) is 17.7. The summed E-state index contributed by atoms with van der Waals surface area (Å²) in [6.45, 7) is 4.34. The van der Waals surface area contributed by atoms with Crippen LogP contribution < -0.4 is 9.47 Å². The summed E-state index contributed by atoms with van der Waals surface area (Å²) in [6, 6.07) is 26.7. The second kappa shape index (κ2) is 7.22. The van der Waals surface area contributed by atoms with Gasteiger partial charge < -0.3 is 9.47 Å². The fraction of sp³-hybridized carbons (Fsp3) is 0.136. The fourth-order valence-electron chi connectivity index (χ4n) is 2.66. The Morgan fingerprint density at radius 1 is 0.640 bits per heavy atom. The first kappa shape index (κ1) is 16.8. The van der Waals surface area contributed by atoms with E-state index < -0.39 is 6.16 Å². The van der Waals surface area contributed by atoms with Gasteiger partial charge in [0.15, 0.2) is 0 Å². The van der Waals surface area contributed by atoms with Gasteiger partial charge in [-0.1, -0.05) is 74.5 Å². The Bertz CT molecular complexity index is 822. The average Bonchev–Trinajstić information content (AvgIpc) is 2.63. The van der Waals surface area contributed by atoms with Crippen LogP contribution >= 0.6 is 0 Å². The number of para-hydroxylation sites is 1. The van der Waals surface area contributed by atoms with Crippen molar-refractivity contribution >= 4 is 6.16 Å². The number of hydrogen-bond acceptors (Lipinski definition) is 3. The summed E-state index contributed by atoms with van der Waals surface area (Å²) < 4.78 is 10.4. The van der Waals surface area contributed by atoms with Crippen LogP contribution in [-0.4, -0.2) is 6.16 Å². The van der Waals surface area contributed by atoms with Crippen LogP contribution in [0.3, 0.4) is 0 Å². The van der Waals surface area contributed by atoms with Crippen molar-refractivity contribution in [2.24, 2.45) is 0 Å². The molecule has 0 aliphatic carbocycles. The standard InChI is InChI=1S/C22H20O3/c1-22(2,17-9-5-3-6-10-17)18-13-15-20(16-14-18)25-21(23)24-19-11-7-4-8-12-19/h3-16H,1-2H3. The molecule has 3 rings (SSSR count). The van der Waals surface area contributed by atoms with E-state index in [0.717, 1.165) is 5.56 Å². The number of carbonyl (C=O) groups excluding carboxylic acids is 1. The van der Waals surface area contributed by atoms with Crippen LogP contribution in [0.25, 0.3) is 0 Å². The molecule has 3 heteroatoms. The third-order valence-corrected chi connectivity index (χ3v) is 4.22. The van der Waals surface area contributed by atoms with Gasteiger partial charge in [-0.05, 0) is 35.4 Å². The molecule has 126 valence electrons. The Hall–Kier alpha value is -3.07. The first-order valence-corrected chi connectivity index (χ1v) is 8.16. The van der Waals surface area contributed by atoms with Crippen LogP contribution in [-0.2, 0) is 5.41 Å². The maximum absolute atomic E-state index is 11.8. The van der Waals surface area contributed by atoms with E-state index >= 15 is 0 Å². The second-order valence-corrected chi connectivity index (χ2v) is 6.28. The Balaban J connectivity index is 1.69. The van der Waals surface area contributed by atoms with Gasteiger partial charge in [0.2, 0.25) is 0 Å². The van der Waals surface area contributed by atoms with Crippen LogP contribution in [0.15, 0.2) is 84.9 Å². The van der Waals surface area contributed by atoms with Gasteiger partial charge in [0.1, 0.15) is 11.5 Å². The molecular formula is C22H20O3. The number of benzene rings is 3. The largest absolute Gasteiger partial charge is 0.519 e. The lowest BCUT2D eigenvalue weighted by Crippen LogP contribution is -2.19.